The van der Waals surface area contributed by atoms with Crippen molar-refractivity contribution in [1.29, 1.82) is 0 Å². The Hall–Kier alpha value is -0.723. The summed E-state index contributed by atoms with van der Waals surface area (Å²) in [6, 6.07) is 8.97. The summed E-state index contributed by atoms with van der Waals surface area (Å²) in [6.45, 7) is 0.0105. The van der Waals surface area contributed by atoms with Crippen molar-refractivity contribution in [2.75, 3.05) is 0 Å². The fourth-order valence-corrected chi connectivity index (χ4v) is 1.11. The van der Waals surface area contributed by atoms with Gasteiger partial charge in [0.2, 0.25) is 0 Å². The molecular weight excluding hydrogens is 176 g/mol. The molecule has 0 aromatic heterocycles. The quantitative estimate of drug-likeness (QED) is 0.563. The Morgan fingerprint density at radius 2 is 1.67 bits per heavy atom. The zero-order chi connectivity index (χ0) is 9.03. The van der Waals surface area contributed by atoms with Crippen LogP contribution in [-0.2, 0) is 11.0 Å². The number of rotatable bonds is 3. The second-order valence-electron chi connectivity index (χ2n) is 2.35. The molecular formula is C7H10O4Si. The van der Waals surface area contributed by atoms with Gasteiger partial charge in [-0.3, -0.25) is 0 Å². The predicted octanol–water partition coefficient (Wildman–Crippen LogP) is -0.384. The van der Waals surface area contributed by atoms with Gasteiger partial charge in [0, 0.05) is 0 Å². The van der Waals surface area contributed by atoms with Crippen LogP contribution in [0.15, 0.2) is 30.3 Å². The molecule has 0 fully saturated rings. The van der Waals surface area contributed by atoms with Crippen LogP contribution in [0.3, 0.4) is 0 Å². The first-order chi connectivity index (χ1) is 5.58. The number of hydrogen-bond donors (Lipinski definition) is 3. The van der Waals surface area contributed by atoms with Gasteiger partial charge in [0.15, 0.2) is 0 Å². The predicted molar refractivity (Wildman–Crippen MR) is 43.6 cm³/mol. The fraction of sp³-hybridized carbons (Fsp3) is 0.143. The van der Waals surface area contributed by atoms with Gasteiger partial charge in [-0.15, -0.1) is 0 Å². The normalized spacial score (nSPS) is 11.6. The SMILES string of the molecule is O[Si](O)(O)OCc1ccccc1. The zero-order valence-electron chi connectivity index (χ0n) is 6.34. The molecule has 66 valence electrons. The molecule has 1 aromatic carbocycles. The van der Waals surface area contributed by atoms with Crippen LogP contribution >= 0.6 is 0 Å². The molecule has 5 heteroatoms. The van der Waals surface area contributed by atoms with Crippen LogP contribution in [0, 0.1) is 0 Å². The largest absolute Gasteiger partial charge is 0.671 e. The third-order valence-corrected chi connectivity index (χ3v) is 1.81. The summed E-state index contributed by atoms with van der Waals surface area (Å²) in [5, 5.41) is 0. The average molecular weight is 186 g/mol. The van der Waals surface area contributed by atoms with E-state index in [1.807, 2.05) is 6.07 Å². The summed E-state index contributed by atoms with van der Waals surface area (Å²) in [6.07, 6.45) is 0. The maximum atomic E-state index is 8.51. The highest BCUT2D eigenvalue weighted by molar-refractivity contribution is 6.48. The topological polar surface area (TPSA) is 69.9 Å². The molecule has 0 aliphatic heterocycles. The van der Waals surface area contributed by atoms with Gasteiger partial charge in [-0.05, 0) is 5.56 Å². The van der Waals surface area contributed by atoms with Gasteiger partial charge in [0.25, 0.3) is 0 Å². The maximum Gasteiger partial charge on any atom is 0.671 e. The molecule has 0 aliphatic rings. The Labute approximate surface area is 71.2 Å². The lowest BCUT2D eigenvalue weighted by Gasteiger charge is -2.09. The van der Waals surface area contributed by atoms with Gasteiger partial charge >= 0.3 is 9.05 Å². The first-order valence-electron chi connectivity index (χ1n) is 3.43. The van der Waals surface area contributed by atoms with Crippen LogP contribution in [0.25, 0.3) is 0 Å². The van der Waals surface area contributed by atoms with Crippen molar-refractivity contribution >= 4 is 9.05 Å². The van der Waals surface area contributed by atoms with Crippen LogP contribution in [0.5, 0.6) is 0 Å². The molecule has 0 amide bonds. The third kappa shape index (κ3) is 3.61. The molecule has 0 atom stereocenters. The molecule has 4 nitrogen and oxygen atoms in total. The second-order valence-corrected chi connectivity index (χ2v) is 3.78. The molecule has 0 radical (unpaired) electrons. The highest BCUT2D eigenvalue weighted by Gasteiger charge is 2.30. The van der Waals surface area contributed by atoms with Gasteiger partial charge in [-0.1, -0.05) is 30.3 Å². The van der Waals surface area contributed by atoms with E-state index in [0.717, 1.165) is 5.56 Å². The van der Waals surface area contributed by atoms with E-state index in [9.17, 15) is 0 Å². The molecule has 0 bridgehead atoms. The van der Waals surface area contributed by atoms with Crippen molar-refractivity contribution in [3.05, 3.63) is 35.9 Å². The van der Waals surface area contributed by atoms with Gasteiger partial charge in [-0.25, -0.2) is 0 Å². The molecule has 3 N–H and O–H groups in total. The lowest BCUT2D eigenvalue weighted by molar-refractivity contribution is 0.0563. The third-order valence-electron chi connectivity index (χ3n) is 1.28. The molecule has 12 heavy (non-hydrogen) atoms. The first kappa shape index (κ1) is 9.37. The minimum Gasteiger partial charge on any atom is -0.368 e. The Morgan fingerprint density at radius 3 is 2.17 bits per heavy atom. The Bertz CT molecular complexity index is 231. The summed E-state index contributed by atoms with van der Waals surface area (Å²) in [5.74, 6) is 0. The van der Waals surface area contributed by atoms with Crippen LogP contribution < -0.4 is 0 Å². The summed E-state index contributed by atoms with van der Waals surface area (Å²) < 4.78 is 4.42. The smallest absolute Gasteiger partial charge is 0.368 e. The van der Waals surface area contributed by atoms with Crippen molar-refractivity contribution in [3.63, 3.8) is 0 Å². The van der Waals surface area contributed by atoms with E-state index >= 15 is 0 Å². The maximum absolute atomic E-state index is 8.51. The first-order valence-corrected chi connectivity index (χ1v) is 5.18. The van der Waals surface area contributed by atoms with Crippen molar-refractivity contribution < 1.29 is 18.8 Å². The molecule has 0 heterocycles. The van der Waals surface area contributed by atoms with E-state index in [0.29, 0.717) is 0 Å². The van der Waals surface area contributed by atoms with Crippen molar-refractivity contribution in [2.45, 2.75) is 6.61 Å². The lowest BCUT2D eigenvalue weighted by Crippen LogP contribution is -2.38. The van der Waals surface area contributed by atoms with Crippen molar-refractivity contribution in [1.82, 2.24) is 0 Å². The van der Waals surface area contributed by atoms with E-state index in [-0.39, 0.29) is 6.61 Å². The minimum atomic E-state index is -4.34. The summed E-state index contributed by atoms with van der Waals surface area (Å²) in [5.41, 5.74) is 0.784. The molecule has 0 saturated carbocycles. The van der Waals surface area contributed by atoms with Crippen LogP contribution in [0.4, 0.5) is 0 Å². The minimum absolute atomic E-state index is 0.0105. The number of benzene rings is 1. The van der Waals surface area contributed by atoms with E-state index in [4.69, 9.17) is 14.4 Å². The average Bonchev–Trinajstić information content (AvgIpc) is 2.02. The molecule has 0 aliphatic carbocycles. The van der Waals surface area contributed by atoms with Gasteiger partial charge in [-0.2, -0.15) is 0 Å². The van der Waals surface area contributed by atoms with E-state index in [2.05, 4.69) is 4.43 Å². The second kappa shape index (κ2) is 3.79. The molecule has 1 aromatic rings. The van der Waals surface area contributed by atoms with E-state index < -0.39 is 9.05 Å². The standard InChI is InChI=1S/C7H10O4Si/c8-12(9,10)11-6-7-4-2-1-3-5-7/h1-5,8-10H,6H2. The summed E-state index contributed by atoms with van der Waals surface area (Å²) >= 11 is 0. The van der Waals surface area contributed by atoms with Crippen LogP contribution in [-0.4, -0.2) is 23.4 Å². The summed E-state index contributed by atoms with van der Waals surface area (Å²) in [7, 11) is -4.34. The molecule has 0 saturated heterocycles. The number of hydrogen-bond acceptors (Lipinski definition) is 4. The molecule has 0 spiro atoms. The Morgan fingerprint density at radius 1 is 1.08 bits per heavy atom. The highest BCUT2D eigenvalue weighted by atomic mass is 28.4. The van der Waals surface area contributed by atoms with Crippen molar-refractivity contribution in [2.24, 2.45) is 0 Å². The Balaban J connectivity index is 2.44. The molecule has 0 unspecified atom stereocenters. The van der Waals surface area contributed by atoms with Gasteiger partial charge in [0.1, 0.15) is 0 Å². The Kier molecular flexibility index (Phi) is 2.96. The zero-order valence-corrected chi connectivity index (χ0v) is 7.34. The lowest BCUT2D eigenvalue weighted by atomic mass is 10.2. The monoisotopic (exact) mass is 186 g/mol. The van der Waals surface area contributed by atoms with Crippen molar-refractivity contribution in [3.8, 4) is 0 Å². The van der Waals surface area contributed by atoms with E-state index in [1.165, 1.54) is 0 Å². The molecule has 1 rings (SSSR count). The highest BCUT2D eigenvalue weighted by Crippen LogP contribution is 2.02. The van der Waals surface area contributed by atoms with Crippen LogP contribution in [0.1, 0.15) is 5.56 Å². The van der Waals surface area contributed by atoms with Gasteiger partial charge in [0.05, 0.1) is 6.61 Å². The summed E-state index contributed by atoms with van der Waals surface area (Å²) in [4.78, 5) is 25.5. The van der Waals surface area contributed by atoms with Crippen LogP contribution in [0.2, 0.25) is 0 Å². The van der Waals surface area contributed by atoms with Gasteiger partial charge < -0.3 is 18.8 Å². The fourth-order valence-electron chi connectivity index (χ4n) is 0.754. The van der Waals surface area contributed by atoms with E-state index in [1.54, 1.807) is 24.3 Å².